The summed E-state index contributed by atoms with van der Waals surface area (Å²) in [6.07, 6.45) is 3.97. The first-order valence-electron chi connectivity index (χ1n) is 5.61. The molecular formula is C11H17N5. The van der Waals surface area contributed by atoms with Gasteiger partial charge in [0.25, 0.3) is 0 Å². The zero-order valence-corrected chi connectivity index (χ0v) is 9.62. The lowest BCUT2D eigenvalue weighted by Crippen LogP contribution is -2.18. The summed E-state index contributed by atoms with van der Waals surface area (Å²) < 4.78 is 0. The lowest BCUT2D eigenvalue weighted by Gasteiger charge is -2.16. The molecule has 0 aliphatic carbocycles. The van der Waals surface area contributed by atoms with Crippen LogP contribution in [-0.2, 0) is 0 Å². The Hall–Kier alpha value is -1.78. The van der Waals surface area contributed by atoms with Gasteiger partial charge in [-0.15, -0.1) is 0 Å². The second-order valence-corrected chi connectivity index (χ2v) is 3.83. The highest BCUT2D eigenvalue weighted by molar-refractivity contribution is 5.87. The quantitative estimate of drug-likeness (QED) is 0.736. The highest BCUT2D eigenvalue weighted by atomic mass is 15.1. The average Bonchev–Trinajstić information content (AvgIpc) is 2.73. The zero-order valence-electron chi connectivity index (χ0n) is 9.62. The number of H-pyrrole nitrogens is 1. The van der Waals surface area contributed by atoms with E-state index in [-0.39, 0.29) is 0 Å². The van der Waals surface area contributed by atoms with Crippen molar-refractivity contribution in [2.45, 2.75) is 32.7 Å². The van der Waals surface area contributed by atoms with E-state index in [1.807, 2.05) is 12.3 Å². The summed E-state index contributed by atoms with van der Waals surface area (Å²) in [6.45, 7) is 4.31. The van der Waals surface area contributed by atoms with Crippen LogP contribution in [0.2, 0.25) is 0 Å². The van der Waals surface area contributed by atoms with E-state index in [4.69, 9.17) is 5.73 Å². The molecule has 0 saturated carbocycles. The molecule has 2 heterocycles. The van der Waals surface area contributed by atoms with Crippen LogP contribution < -0.4 is 11.1 Å². The van der Waals surface area contributed by atoms with Gasteiger partial charge in [-0.25, -0.2) is 0 Å². The molecule has 0 radical (unpaired) electrons. The molecule has 86 valence electrons. The Kier molecular flexibility index (Phi) is 2.94. The number of rotatable bonds is 4. The Morgan fingerprint density at radius 1 is 1.38 bits per heavy atom. The SMILES string of the molecule is CCC(CC)Nc1nc(N)nc2[nH]ccc12. The number of nitrogens with zero attached hydrogens (tertiary/aromatic N) is 2. The fourth-order valence-electron chi connectivity index (χ4n) is 1.75. The van der Waals surface area contributed by atoms with Crippen molar-refractivity contribution in [2.75, 3.05) is 11.1 Å². The van der Waals surface area contributed by atoms with E-state index in [0.717, 1.165) is 29.7 Å². The van der Waals surface area contributed by atoms with Crippen LogP contribution in [0.3, 0.4) is 0 Å². The number of fused-ring (bicyclic) bond motifs is 1. The molecule has 2 aromatic rings. The van der Waals surface area contributed by atoms with Gasteiger partial charge in [0.15, 0.2) is 0 Å². The van der Waals surface area contributed by atoms with Crippen molar-refractivity contribution < 1.29 is 0 Å². The molecule has 0 amide bonds. The molecule has 0 atom stereocenters. The number of nitrogens with one attached hydrogen (secondary N) is 2. The van der Waals surface area contributed by atoms with E-state index in [1.165, 1.54) is 0 Å². The minimum atomic E-state index is 0.295. The first kappa shape index (κ1) is 10.7. The smallest absolute Gasteiger partial charge is 0.223 e. The second-order valence-electron chi connectivity index (χ2n) is 3.83. The van der Waals surface area contributed by atoms with E-state index < -0.39 is 0 Å². The molecule has 2 rings (SSSR count). The number of hydrogen-bond acceptors (Lipinski definition) is 4. The molecular weight excluding hydrogens is 202 g/mol. The molecule has 5 heteroatoms. The summed E-state index contributed by atoms with van der Waals surface area (Å²) >= 11 is 0. The van der Waals surface area contributed by atoms with Crippen LogP contribution >= 0.6 is 0 Å². The third-order valence-corrected chi connectivity index (χ3v) is 2.76. The number of aromatic nitrogens is 3. The van der Waals surface area contributed by atoms with E-state index >= 15 is 0 Å². The summed E-state index contributed by atoms with van der Waals surface area (Å²) in [6, 6.07) is 2.38. The number of aromatic amines is 1. The van der Waals surface area contributed by atoms with Crippen LogP contribution in [-0.4, -0.2) is 21.0 Å². The minimum absolute atomic E-state index is 0.295. The first-order valence-corrected chi connectivity index (χ1v) is 5.61. The van der Waals surface area contributed by atoms with Crippen LogP contribution in [0.15, 0.2) is 12.3 Å². The fraction of sp³-hybridized carbons (Fsp3) is 0.455. The topological polar surface area (TPSA) is 79.6 Å². The maximum atomic E-state index is 5.66. The Bertz CT molecular complexity index is 472. The number of hydrogen-bond donors (Lipinski definition) is 3. The zero-order chi connectivity index (χ0) is 11.5. The predicted octanol–water partition coefficient (Wildman–Crippen LogP) is 2.14. The van der Waals surface area contributed by atoms with Gasteiger partial charge in [-0.2, -0.15) is 9.97 Å². The van der Waals surface area contributed by atoms with Crippen LogP contribution in [0.25, 0.3) is 11.0 Å². The number of nitrogen functional groups attached to an aromatic ring is 1. The summed E-state index contributed by atoms with van der Waals surface area (Å²) in [7, 11) is 0. The van der Waals surface area contributed by atoms with Crippen LogP contribution in [0, 0.1) is 0 Å². The standard InChI is InChI=1S/C11H17N5/c1-3-7(4-2)14-10-8-5-6-13-9(8)15-11(12)16-10/h5-7H,3-4H2,1-2H3,(H4,12,13,14,15,16). The maximum absolute atomic E-state index is 5.66. The lowest BCUT2D eigenvalue weighted by molar-refractivity contribution is 0.669. The Balaban J connectivity index is 2.38. The normalized spacial score (nSPS) is 11.2. The van der Waals surface area contributed by atoms with Gasteiger partial charge in [0, 0.05) is 12.2 Å². The van der Waals surface area contributed by atoms with Crippen molar-refractivity contribution >= 4 is 22.8 Å². The molecule has 0 fully saturated rings. The van der Waals surface area contributed by atoms with Gasteiger partial charge in [-0.3, -0.25) is 0 Å². The van der Waals surface area contributed by atoms with Gasteiger partial charge in [0.2, 0.25) is 5.95 Å². The van der Waals surface area contributed by atoms with Crippen LogP contribution in [0.4, 0.5) is 11.8 Å². The largest absolute Gasteiger partial charge is 0.368 e. The molecule has 0 aliphatic heterocycles. The van der Waals surface area contributed by atoms with Gasteiger partial charge < -0.3 is 16.0 Å². The molecule has 16 heavy (non-hydrogen) atoms. The Labute approximate surface area is 94.5 Å². The first-order chi connectivity index (χ1) is 7.74. The molecule has 0 aromatic carbocycles. The van der Waals surface area contributed by atoms with Crippen molar-refractivity contribution in [3.05, 3.63) is 12.3 Å². The summed E-state index contributed by atoms with van der Waals surface area (Å²) in [5.74, 6) is 1.11. The van der Waals surface area contributed by atoms with E-state index in [1.54, 1.807) is 0 Å². The number of anilines is 2. The van der Waals surface area contributed by atoms with Crippen LogP contribution in [0.5, 0.6) is 0 Å². The van der Waals surface area contributed by atoms with Gasteiger partial charge in [-0.05, 0) is 18.9 Å². The van der Waals surface area contributed by atoms with E-state index in [0.29, 0.717) is 12.0 Å². The molecule has 4 N–H and O–H groups in total. The molecule has 0 aliphatic rings. The monoisotopic (exact) mass is 219 g/mol. The lowest BCUT2D eigenvalue weighted by atomic mass is 10.2. The van der Waals surface area contributed by atoms with Gasteiger partial charge in [0.1, 0.15) is 11.5 Å². The van der Waals surface area contributed by atoms with Crippen molar-refractivity contribution in [3.63, 3.8) is 0 Å². The Morgan fingerprint density at radius 2 is 2.12 bits per heavy atom. The van der Waals surface area contributed by atoms with Gasteiger partial charge in [-0.1, -0.05) is 13.8 Å². The second kappa shape index (κ2) is 4.38. The van der Waals surface area contributed by atoms with Crippen LogP contribution in [0.1, 0.15) is 26.7 Å². The predicted molar refractivity (Wildman–Crippen MR) is 66.3 cm³/mol. The van der Waals surface area contributed by atoms with Crippen molar-refractivity contribution in [1.82, 2.24) is 15.0 Å². The van der Waals surface area contributed by atoms with Crippen molar-refractivity contribution in [3.8, 4) is 0 Å². The van der Waals surface area contributed by atoms with Gasteiger partial charge in [0.05, 0.1) is 5.39 Å². The summed E-state index contributed by atoms with van der Waals surface area (Å²) in [5.41, 5.74) is 6.44. The van der Waals surface area contributed by atoms with E-state index in [9.17, 15) is 0 Å². The van der Waals surface area contributed by atoms with E-state index in [2.05, 4.69) is 34.1 Å². The number of nitrogens with two attached hydrogens (primary N) is 1. The Morgan fingerprint density at radius 3 is 2.81 bits per heavy atom. The highest BCUT2D eigenvalue weighted by Crippen LogP contribution is 2.21. The minimum Gasteiger partial charge on any atom is -0.368 e. The maximum Gasteiger partial charge on any atom is 0.223 e. The molecule has 5 nitrogen and oxygen atoms in total. The summed E-state index contributed by atoms with van der Waals surface area (Å²) in [4.78, 5) is 11.4. The molecule has 0 bridgehead atoms. The highest BCUT2D eigenvalue weighted by Gasteiger charge is 2.10. The third-order valence-electron chi connectivity index (χ3n) is 2.76. The summed E-state index contributed by atoms with van der Waals surface area (Å²) in [5, 5.41) is 4.38. The van der Waals surface area contributed by atoms with Gasteiger partial charge >= 0.3 is 0 Å². The molecule has 0 unspecified atom stereocenters. The molecule has 2 aromatic heterocycles. The van der Waals surface area contributed by atoms with Crippen molar-refractivity contribution in [2.24, 2.45) is 0 Å². The van der Waals surface area contributed by atoms with Crippen molar-refractivity contribution in [1.29, 1.82) is 0 Å². The fourth-order valence-corrected chi connectivity index (χ4v) is 1.75. The molecule has 0 saturated heterocycles. The third kappa shape index (κ3) is 1.93. The average molecular weight is 219 g/mol. The molecule has 0 spiro atoms.